The average molecular weight is 615 g/mol. The number of fused-ring (bicyclic) bond motifs is 1. The Morgan fingerprint density at radius 3 is 2.29 bits per heavy atom. The summed E-state index contributed by atoms with van der Waals surface area (Å²) in [6, 6.07) is 8.09. The summed E-state index contributed by atoms with van der Waals surface area (Å²) in [5, 5.41) is 0. The molecule has 34 heavy (non-hydrogen) atoms. The molecule has 1 aliphatic rings. The second-order valence-electron chi connectivity index (χ2n) is 8.44. The van der Waals surface area contributed by atoms with Crippen LogP contribution in [0.1, 0.15) is 24.0 Å². The number of amides is 1. The molecule has 6 nitrogen and oxygen atoms in total. The molecule has 3 rings (SSSR count). The lowest BCUT2D eigenvalue weighted by Gasteiger charge is -2.22. The molecule has 0 saturated carbocycles. The van der Waals surface area contributed by atoms with E-state index in [0.717, 1.165) is 77.1 Å². The largest absolute Gasteiger partial charge is 0.493 e. The number of ether oxygens (including phenoxy) is 2. The van der Waals surface area contributed by atoms with Crippen LogP contribution in [-0.2, 0) is 17.6 Å². The highest BCUT2D eigenvalue weighted by Crippen LogP contribution is 2.34. The van der Waals surface area contributed by atoms with Gasteiger partial charge in [0.1, 0.15) is 0 Å². The summed E-state index contributed by atoms with van der Waals surface area (Å²) in [6.45, 7) is 3.54. The Bertz CT molecular complexity index is 983. The normalized spacial score (nSPS) is 13.7. The van der Waals surface area contributed by atoms with Crippen molar-refractivity contribution in [3.8, 4) is 11.5 Å². The first-order valence-electron chi connectivity index (χ1n) is 11.4. The number of carbonyl (C=O) groups is 1. The van der Waals surface area contributed by atoms with Gasteiger partial charge in [-0.3, -0.25) is 4.79 Å². The summed E-state index contributed by atoms with van der Waals surface area (Å²) < 4.78 is 12.7. The van der Waals surface area contributed by atoms with Crippen molar-refractivity contribution in [2.24, 2.45) is 0 Å². The lowest BCUT2D eigenvalue weighted by atomic mass is 10.0. The Hall–Kier alpha value is -1.42. The van der Waals surface area contributed by atoms with Crippen molar-refractivity contribution in [2.45, 2.75) is 30.6 Å². The minimum absolute atomic E-state index is 0.186. The predicted molar refractivity (Wildman–Crippen MR) is 147 cm³/mol. The van der Waals surface area contributed by atoms with Crippen molar-refractivity contribution in [2.75, 3.05) is 58.9 Å². The van der Waals surface area contributed by atoms with Crippen LogP contribution in [0.4, 0.5) is 5.69 Å². The third kappa shape index (κ3) is 7.29. The summed E-state index contributed by atoms with van der Waals surface area (Å²) >= 11 is 8.84. The molecule has 1 amide bonds. The first-order chi connectivity index (χ1) is 16.3. The fraction of sp³-hybridized carbons (Fsp3) is 0.480. The SMILES string of the molecule is COc1cc2c(cc1OC)CC(=O)N(CCCN(C)CCCSc1cc(Br)c(N)c(Br)c1)CC2. The van der Waals surface area contributed by atoms with Gasteiger partial charge in [-0.15, -0.1) is 11.8 Å². The zero-order valence-electron chi connectivity index (χ0n) is 20.0. The van der Waals surface area contributed by atoms with Gasteiger partial charge < -0.3 is 25.0 Å². The van der Waals surface area contributed by atoms with Crippen LogP contribution in [0.15, 0.2) is 38.1 Å². The van der Waals surface area contributed by atoms with Crippen LogP contribution < -0.4 is 15.2 Å². The van der Waals surface area contributed by atoms with Gasteiger partial charge in [-0.2, -0.15) is 0 Å². The Labute approximate surface area is 223 Å². The van der Waals surface area contributed by atoms with Crippen LogP contribution in [0.2, 0.25) is 0 Å². The highest BCUT2D eigenvalue weighted by Gasteiger charge is 2.22. The molecule has 1 heterocycles. The monoisotopic (exact) mass is 613 g/mol. The van der Waals surface area contributed by atoms with Crippen molar-refractivity contribution in [3.63, 3.8) is 0 Å². The van der Waals surface area contributed by atoms with Crippen molar-refractivity contribution in [1.29, 1.82) is 0 Å². The number of thioether (sulfide) groups is 1. The molecule has 186 valence electrons. The molecule has 1 aliphatic heterocycles. The van der Waals surface area contributed by atoms with E-state index in [1.54, 1.807) is 14.2 Å². The quantitative estimate of drug-likeness (QED) is 0.212. The maximum absolute atomic E-state index is 12.8. The highest BCUT2D eigenvalue weighted by atomic mass is 79.9. The van der Waals surface area contributed by atoms with Gasteiger partial charge in [0.2, 0.25) is 5.91 Å². The molecule has 0 bridgehead atoms. The maximum Gasteiger partial charge on any atom is 0.227 e. The Morgan fingerprint density at radius 1 is 1.03 bits per heavy atom. The van der Waals surface area contributed by atoms with Crippen molar-refractivity contribution < 1.29 is 14.3 Å². The molecule has 0 unspecified atom stereocenters. The first kappa shape index (κ1) is 27.2. The molecule has 0 atom stereocenters. The number of carbonyl (C=O) groups excluding carboxylic acids is 1. The molecule has 2 aromatic carbocycles. The number of rotatable bonds is 11. The fourth-order valence-corrected chi connectivity index (χ4v) is 6.46. The lowest BCUT2D eigenvalue weighted by molar-refractivity contribution is -0.130. The average Bonchev–Trinajstić information content (AvgIpc) is 2.97. The minimum Gasteiger partial charge on any atom is -0.493 e. The van der Waals surface area contributed by atoms with Gasteiger partial charge in [-0.05, 0) is 112 Å². The van der Waals surface area contributed by atoms with Gasteiger partial charge in [-0.1, -0.05) is 0 Å². The highest BCUT2D eigenvalue weighted by molar-refractivity contribution is 9.11. The third-order valence-electron chi connectivity index (χ3n) is 6.02. The zero-order valence-corrected chi connectivity index (χ0v) is 24.0. The molecular weight excluding hydrogens is 582 g/mol. The molecule has 0 radical (unpaired) electrons. The van der Waals surface area contributed by atoms with Gasteiger partial charge in [0.25, 0.3) is 0 Å². The maximum atomic E-state index is 12.8. The smallest absolute Gasteiger partial charge is 0.227 e. The Balaban J connectivity index is 1.39. The summed E-state index contributed by atoms with van der Waals surface area (Å²) in [5.74, 6) is 2.63. The molecule has 0 aromatic heterocycles. The molecule has 2 aromatic rings. The van der Waals surface area contributed by atoms with Gasteiger partial charge in [0, 0.05) is 26.9 Å². The number of methoxy groups -OCH3 is 2. The van der Waals surface area contributed by atoms with Crippen molar-refractivity contribution in [1.82, 2.24) is 9.80 Å². The lowest BCUT2D eigenvalue weighted by Crippen LogP contribution is -2.35. The number of hydrogen-bond acceptors (Lipinski definition) is 6. The third-order valence-corrected chi connectivity index (χ3v) is 8.40. The van der Waals surface area contributed by atoms with Gasteiger partial charge in [0.05, 0.1) is 26.3 Å². The van der Waals surface area contributed by atoms with Crippen LogP contribution in [-0.4, -0.2) is 68.9 Å². The van der Waals surface area contributed by atoms with Crippen LogP contribution in [0.25, 0.3) is 0 Å². The van der Waals surface area contributed by atoms with E-state index in [1.807, 2.05) is 28.8 Å². The van der Waals surface area contributed by atoms with Crippen molar-refractivity contribution >= 4 is 55.2 Å². The topological polar surface area (TPSA) is 68.0 Å². The van der Waals surface area contributed by atoms with E-state index in [1.165, 1.54) is 10.5 Å². The summed E-state index contributed by atoms with van der Waals surface area (Å²) in [7, 11) is 5.42. The number of hydrogen-bond donors (Lipinski definition) is 1. The number of nitrogens with zero attached hydrogens (tertiary/aromatic N) is 2. The van der Waals surface area contributed by atoms with Crippen LogP contribution >= 0.6 is 43.6 Å². The molecule has 0 fully saturated rings. The molecule has 2 N–H and O–H groups in total. The Kier molecular flexibility index (Phi) is 10.4. The molecular formula is C25H33Br2N3O3S. The number of nitrogen functional groups attached to an aromatic ring is 1. The number of anilines is 1. The summed E-state index contributed by atoms with van der Waals surface area (Å²) in [5.41, 5.74) is 8.91. The minimum atomic E-state index is 0.186. The predicted octanol–water partition coefficient (Wildman–Crippen LogP) is 5.24. The number of benzene rings is 2. The van der Waals surface area contributed by atoms with Crippen molar-refractivity contribution in [3.05, 3.63) is 44.3 Å². The van der Waals surface area contributed by atoms with Gasteiger partial charge in [-0.25, -0.2) is 0 Å². The zero-order chi connectivity index (χ0) is 24.7. The molecule has 9 heteroatoms. The number of halogens is 2. The van der Waals surface area contributed by atoms with Crippen LogP contribution in [0.3, 0.4) is 0 Å². The van der Waals surface area contributed by atoms with Crippen LogP contribution in [0, 0.1) is 0 Å². The first-order valence-corrected chi connectivity index (χ1v) is 14.0. The second kappa shape index (κ2) is 13.0. The van der Waals surface area contributed by atoms with E-state index < -0.39 is 0 Å². The van der Waals surface area contributed by atoms with Gasteiger partial charge >= 0.3 is 0 Å². The van der Waals surface area contributed by atoms with Crippen LogP contribution in [0.5, 0.6) is 11.5 Å². The second-order valence-corrected chi connectivity index (χ2v) is 11.3. The van der Waals surface area contributed by atoms with E-state index in [2.05, 4.69) is 55.9 Å². The molecule has 0 spiro atoms. The standard InChI is InChI=1S/C25H33Br2N3O3S/c1-29(8-5-11-34-19-15-20(26)25(28)21(27)16-19)7-4-9-30-10-6-17-12-22(32-2)23(33-3)13-18(17)14-24(30)31/h12-13,15-16H,4-11,14,28H2,1-3H3. The van der Waals surface area contributed by atoms with E-state index in [0.29, 0.717) is 12.2 Å². The molecule has 0 aliphatic carbocycles. The molecule has 0 saturated heterocycles. The summed E-state index contributed by atoms with van der Waals surface area (Å²) in [6.07, 6.45) is 3.32. The number of nitrogens with two attached hydrogens (primary N) is 1. The van der Waals surface area contributed by atoms with Gasteiger partial charge in [0.15, 0.2) is 11.5 Å². The van der Waals surface area contributed by atoms with E-state index in [-0.39, 0.29) is 5.91 Å². The Morgan fingerprint density at radius 2 is 1.65 bits per heavy atom. The van der Waals surface area contributed by atoms with E-state index in [4.69, 9.17) is 15.2 Å². The van der Waals surface area contributed by atoms with E-state index >= 15 is 0 Å². The fourth-order valence-electron chi connectivity index (χ4n) is 4.06. The van der Waals surface area contributed by atoms with E-state index in [9.17, 15) is 4.79 Å². The summed E-state index contributed by atoms with van der Waals surface area (Å²) in [4.78, 5) is 18.4.